The molecule has 2 aromatic rings. The van der Waals surface area contributed by atoms with Crippen LogP contribution in [0.15, 0.2) is 42.5 Å². The Bertz CT molecular complexity index is 798. The Morgan fingerprint density at radius 3 is 2.54 bits per heavy atom. The van der Waals surface area contributed by atoms with Crippen LogP contribution in [-0.4, -0.2) is 50.6 Å². The van der Waals surface area contributed by atoms with Gasteiger partial charge in [0.2, 0.25) is 5.91 Å². The van der Waals surface area contributed by atoms with E-state index in [0.717, 1.165) is 49.7 Å². The number of rotatable bonds is 7. The van der Waals surface area contributed by atoms with Crippen LogP contribution in [0.5, 0.6) is 5.75 Å². The first-order valence-electron chi connectivity index (χ1n) is 10.1. The van der Waals surface area contributed by atoms with Gasteiger partial charge in [-0.1, -0.05) is 25.1 Å². The molecule has 5 heteroatoms. The number of nitrogens with zero attached hydrogens (tertiary/aromatic N) is 2. The molecule has 1 aliphatic heterocycles. The molecule has 3 rings (SSSR count). The first kappa shape index (κ1) is 20.2. The zero-order chi connectivity index (χ0) is 19.9. The second-order valence-corrected chi connectivity index (χ2v) is 7.28. The molecule has 1 saturated heterocycles. The van der Waals surface area contributed by atoms with Gasteiger partial charge < -0.3 is 19.9 Å². The van der Waals surface area contributed by atoms with E-state index in [9.17, 15) is 4.79 Å². The summed E-state index contributed by atoms with van der Waals surface area (Å²) in [5, 5.41) is 3.03. The van der Waals surface area contributed by atoms with Gasteiger partial charge in [0.25, 0.3) is 0 Å². The maximum Gasteiger partial charge on any atom is 0.224 e. The summed E-state index contributed by atoms with van der Waals surface area (Å²) in [6, 6.07) is 14.1. The molecule has 1 N–H and O–H groups in total. The van der Waals surface area contributed by atoms with Crippen molar-refractivity contribution in [2.75, 3.05) is 50.1 Å². The highest BCUT2D eigenvalue weighted by atomic mass is 16.5. The normalized spacial score (nSPS) is 14.8. The van der Waals surface area contributed by atoms with Crippen LogP contribution >= 0.6 is 0 Å². The third kappa shape index (κ3) is 5.04. The first-order chi connectivity index (χ1) is 13.6. The van der Waals surface area contributed by atoms with Crippen molar-refractivity contribution in [2.24, 2.45) is 0 Å². The van der Waals surface area contributed by atoms with Crippen molar-refractivity contribution in [1.82, 2.24) is 4.90 Å². The average Bonchev–Trinajstić information content (AvgIpc) is 2.72. The zero-order valence-corrected chi connectivity index (χ0v) is 17.2. The molecule has 0 unspecified atom stereocenters. The monoisotopic (exact) mass is 381 g/mol. The Labute approximate surface area is 168 Å². The first-order valence-corrected chi connectivity index (χ1v) is 10.1. The van der Waals surface area contributed by atoms with Crippen LogP contribution < -0.4 is 15.0 Å². The third-order valence-electron chi connectivity index (χ3n) is 5.45. The quantitative estimate of drug-likeness (QED) is 0.794. The van der Waals surface area contributed by atoms with Crippen molar-refractivity contribution in [3.63, 3.8) is 0 Å². The average molecular weight is 382 g/mol. The number of carbonyl (C=O) groups is 1. The second kappa shape index (κ2) is 9.60. The van der Waals surface area contributed by atoms with Crippen molar-refractivity contribution < 1.29 is 9.53 Å². The van der Waals surface area contributed by atoms with E-state index in [1.54, 1.807) is 7.11 Å². The summed E-state index contributed by atoms with van der Waals surface area (Å²) in [6.45, 7) is 9.78. The van der Waals surface area contributed by atoms with E-state index in [0.29, 0.717) is 12.8 Å². The minimum absolute atomic E-state index is 0.0228. The lowest BCUT2D eigenvalue weighted by Crippen LogP contribution is -2.46. The third-order valence-corrected chi connectivity index (χ3v) is 5.45. The molecule has 150 valence electrons. The van der Waals surface area contributed by atoms with E-state index in [2.05, 4.69) is 41.1 Å². The number of likely N-dealkylation sites (N-methyl/N-ethyl adjacent to an activating group) is 1. The fourth-order valence-corrected chi connectivity index (χ4v) is 3.77. The molecule has 0 radical (unpaired) electrons. The molecule has 1 fully saturated rings. The molecule has 0 aliphatic carbocycles. The number of nitrogens with one attached hydrogen (secondary N) is 1. The highest BCUT2D eigenvalue weighted by Gasteiger charge is 2.17. The lowest BCUT2D eigenvalue weighted by molar-refractivity contribution is -0.116. The highest BCUT2D eigenvalue weighted by molar-refractivity contribution is 5.91. The van der Waals surface area contributed by atoms with Crippen LogP contribution in [0.4, 0.5) is 11.4 Å². The van der Waals surface area contributed by atoms with Crippen LogP contribution in [0.2, 0.25) is 0 Å². The predicted octanol–water partition coefficient (Wildman–Crippen LogP) is 3.72. The van der Waals surface area contributed by atoms with Crippen molar-refractivity contribution in [3.05, 3.63) is 53.6 Å². The van der Waals surface area contributed by atoms with E-state index in [-0.39, 0.29) is 5.91 Å². The van der Waals surface area contributed by atoms with Gasteiger partial charge in [-0.15, -0.1) is 0 Å². The number of amides is 1. The summed E-state index contributed by atoms with van der Waals surface area (Å²) < 4.78 is 5.36. The Morgan fingerprint density at radius 2 is 1.86 bits per heavy atom. The number of ether oxygens (including phenoxy) is 1. The van der Waals surface area contributed by atoms with Gasteiger partial charge >= 0.3 is 0 Å². The molecule has 0 bridgehead atoms. The van der Waals surface area contributed by atoms with Gasteiger partial charge in [0.05, 0.1) is 7.11 Å². The minimum atomic E-state index is 0.0228. The topological polar surface area (TPSA) is 44.8 Å². The second-order valence-electron chi connectivity index (χ2n) is 7.28. The summed E-state index contributed by atoms with van der Waals surface area (Å²) >= 11 is 0. The van der Waals surface area contributed by atoms with Crippen molar-refractivity contribution in [2.45, 2.75) is 26.7 Å². The lowest BCUT2D eigenvalue weighted by Gasteiger charge is -2.36. The van der Waals surface area contributed by atoms with Crippen LogP contribution in [0, 0.1) is 6.92 Å². The number of hydrogen-bond acceptors (Lipinski definition) is 4. The van der Waals surface area contributed by atoms with Crippen molar-refractivity contribution >= 4 is 17.3 Å². The van der Waals surface area contributed by atoms with Crippen LogP contribution in [0.1, 0.15) is 24.5 Å². The largest absolute Gasteiger partial charge is 0.496 e. The summed E-state index contributed by atoms with van der Waals surface area (Å²) in [6.07, 6.45) is 1.09. The SMILES string of the molecule is CCN1CCN(c2ccc(NC(=O)CCc3ccccc3OC)cc2C)CC1. The Balaban J connectivity index is 1.56. The van der Waals surface area contributed by atoms with Gasteiger partial charge in [-0.3, -0.25) is 4.79 Å². The van der Waals surface area contributed by atoms with E-state index in [1.807, 2.05) is 30.3 Å². The molecule has 0 spiro atoms. The number of piperazine rings is 1. The zero-order valence-electron chi connectivity index (χ0n) is 17.2. The number of carbonyl (C=O) groups excluding carboxylic acids is 1. The number of anilines is 2. The van der Waals surface area contributed by atoms with Crippen molar-refractivity contribution in [1.29, 1.82) is 0 Å². The molecule has 0 atom stereocenters. The van der Waals surface area contributed by atoms with E-state index < -0.39 is 0 Å². The Hall–Kier alpha value is -2.53. The smallest absolute Gasteiger partial charge is 0.224 e. The van der Waals surface area contributed by atoms with Gasteiger partial charge in [-0.05, 0) is 55.3 Å². The minimum Gasteiger partial charge on any atom is -0.496 e. The van der Waals surface area contributed by atoms with E-state index in [1.165, 1.54) is 11.3 Å². The summed E-state index contributed by atoms with van der Waals surface area (Å²) in [4.78, 5) is 17.3. The fraction of sp³-hybridized carbons (Fsp3) is 0.435. The van der Waals surface area contributed by atoms with Gasteiger partial charge in [-0.25, -0.2) is 0 Å². The van der Waals surface area contributed by atoms with Gasteiger partial charge in [0.15, 0.2) is 0 Å². The van der Waals surface area contributed by atoms with E-state index >= 15 is 0 Å². The molecular formula is C23H31N3O2. The number of para-hydroxylation sites is 1. The van der Waals surface area contributed by atoms with Gasteiger partial charge in [-0.2, -0.15) is 0 Å². The summed E-state index contributed by atoms with van der Waals surface area (Å²) in [7, 11) is 1.66. The van der Waals surface area contributed by atoms with E-state index in [4.69, 9.17) is 4.74 Å². The van der Waals surface area contributed by atoms with Gasteiger partial charge in [0.1, 0.15) is 5.75 Å². The molecule has 28 heavy (non-hydrogen) atoms. The fourth-order valence-electron chi connectivity index (χ4n) is 3.77. The summed E-state index contributed by atoms with van der Waals surface area (Å²) in [5.74, 6) is 0.855. The standard InChI is InChI=1S/C23H31N3O2/c1-4-25-13-15-26(16-14-25)21-11-10-20(17-18(21)2)24-23(27)12-9-19-7-5-6-8-22(19)28-3/h5-8,10-11,17H,4,9,12-16H2,1-3H3,(H,24,27). The molecule has 2 aromatic carbocycles. The molecular weight excluding hydrogens is 350 g/mol. The molecule has 0 saturated carbocycles. The Morgan fingerprint density at radius 1 is 1.11 bits per heavy atom. The van der Waals surface area contributed by atoms with Crippen LogP contribution in [-0.2, 0) is 11.2 Å². The van der Waals surface area contributed by atoms with Crippen LogP contribution in [0.3, 0.4) is 0 Å². The maximum absolute atomic E-state index is 12.4. The summed E-state index contributed by atoms with van der Waals surface area (Å²) in [5.41, 5.74) is 4.38. The lowest BCUT2D eigenvalue weighted by atomic mass is 10.1. The number of methoxy groups -OCH3 is 1. The molecule has 1 amide bonds. The predicted molar refractivity (Wildman–Crippen MR) is 115 cm³/mol. The maximum atomic E-state index is 12.4. The Kier molecular flexibility index (Phi) is 6.93. The van der Waals surface area contributed by atoms with Crippen molar-refractivity contribution in [3.8, 4) is 5.75 Å². The van der Waals surface area contributed by atoms with Crippen LogP contribution in [0.25, 0.3) is 0 Å². The molecule has 1 heterocycles. The van der Waals surface area contributed by atoms with Gasteiger partial charge in [0, 0.05) is 44.0 Å². The highest BCUT2D eigenvalue weighted by Crippen LogP contribution is 2.25. The molecule has 5 nitrogen and oxygen atoms in total. The molecule has 0 aromatic heterocycles. The number of aryl methyl sites for hydroxylation is 2. The number of hydrogen-bond donors (Lipinski definition) is 1. The number of benzene rings is 2. The molecule has 1 aliphatic rings.